The number of benzene rings is 2. The highest BCUT2D eigenvalue weighted by Crippen LogP contribution is 2.28. The van der Waals surface area contributed by atoms with Crippen LogP contribution in [0, 0.1) is 17.6 Å². The maximum Gasteiger partial charge on any atom is 0.321 e. The third-order valence-corrected chi connectivity index (χ3v) is 7.07. The molecule has 8 nitrogen and oxygen atoms in total. The second-order valence-corrected chi connectivity index (χ2v) is 10.3. The minimum absolute atomic E-state index is 0.151. The molecule has 212 valence electrons. The number of aliphatic hydroxyl groups is 1. The number of amides is 3. The lowest BCUT2D eigenvalue weighted by Gasteiger charge is -2.37. The molecule has 3 aromatic rings. The van der Waals surface area contributed by atoms with Gasteiger partial charge in [-0.3, -0.25) is 4.79 Å². The molecule has 0 aliphatic carbocycles. The van der Waals surface area contributed by atoms with Gasteiger partial charge in [0.05, 0.1) is 19.2 Å². The second kappa shape index (κ2) is 12.9. The van der Waals surface area contributed by atoms with Crippen LogP contribution in [0.3, 0.4) is 0 Å². The van der Waals surface area contributed by atoms with Crippen LogP contribution in [-0.4, -0.2) is 70.7 Å². The number of hydrogen-bond donors (Lipinski definition) is 2. The van der Waals surface area contributed by atoms with Gasteiger partial charge in [-0.15, -0.1) is 0 Å². The number of nitrogens with one attached hydrogen (secondary N) is 1. The highest BCUT2D eigenvalue weighted by atomic mass is 19.1. The zero-order valence-electron chi connectivity index (χ0n) is 22.8. The van der Waals surface area contributed by atoms with Crippen LogP contribution in [0.15, 0.2) is 60.8 Å². The summed E-state index contributed by atoms with van der Waals surface area (Å²) in [6.45, 7) is 3.95. The molecule has 4 rings (SSSR count). The van der Waals surface area contributed by atoms with E-state index in [-0.39, 0.29) is 42.2 Å². The Hall–Kier alpha value is -4.05. The average molecular weight is 553 g/mol. The van der Waals surface area contributed by atoms with E-state index in [0.29, 0.717) is 25.1 Å². The van der Waals surface area contributed by atoms with Crippen LogP contribution < -0.4 is 10.1 Å². The maximum absolute atomic E-state index is 13.6. The summed E-state index contributed by atoms with van der Waals surface area (Å²) in [6, 6.07) is 12.7. The van der Waals surface area contributed by atoms with Gasteiger partial charge >= 0.3 is 6.03 Å². The Bertz CT molecular complexity index is 1340. The predicted molar refractivity (Wildman–Crippen MR) is 147 cm³/mol. The summed E-state index contributed by atoms with van der Waals surface area (Å²) in [6.07, 6.45) is 2.23. The van der Waals surface area contributed by atoms with Crippen LogP contribution in [0.25, 0.3) is 0 Å². The minimum atomic E-state index is -0.519. The molecule has 1 aliphatic rings. The molecule has 2 aromatic carbocycles. The Morgan fingerprint density at radius 1 is 1.15 bits per heavy atom. The van der Waals surface area contributed by atoms with Gasteiger partial charge < -0.3 is 25.0 Å². The molecule has 0 saturated carbocycles. The van der Waals surface area contributed by atoms with E-state index in [1.165, 1.54) is 41.3 Å². The Balaban J connectivity index is 1.55. The van der Waals surface area contributed by atoms with E-state index in [1.54, 1.807) is 37.2 Å². The first-order valence-electron chi connectivity index (χ1n) is 13.2. The standard InChI is InChI=1S/C30H34F2N4O4/c1-19-16-36(20(2)18-37)29(38)26-14-22(8-7-21-5-4-6-24(32)13-21)15-33-28(26)40-27(19)17-35(3)30(39)34-25-11-9-23(31)10-12-25/h4-6,9-15,19-20,27,37H,7-8,16-18H2,1-3H3,(H,34,39)/t19-,20+,27-/m0/s1. The number of aryl methyl sites for hydroxylation is 2. The van der Waals surface area contributed by atoms with Gasteiger partial charge in [-0.2, -0.15) is 0 Å². The van der Waals surface area contributed by atoms with Gasteiger partial charge in [0.25, 0.3) is 5.91 Å². The molecule has 0 saturated heterocycles. The molecular weight excluding hydrogens is 518 g/mol. The van der Waals surface area contributed by atoms with E-state index in [4.69, 9.17) is 4.74 Å². The number of halogens is 2. The van der Waals surface area contributed by atoms with E-state index in [2.05, 4.69) is 10.3 Å². The normalized spacial score (nSPS) is 17.8. The molecule has 0 unspecified atom stereocenters. The molecular formula is C30H34F2N4O4. The number of fused-ring (bicyclic) bond motifs is 1. The number of hydrogen-bond acceptors (Lipinski definition) is 5. The number of rotatable bonds is 8. The van der Waals surface area contributed by atoms with E-state index < -0.39 is 24.0 Å². The van der Waals surface area contributed by atoms with Crippen LogP contribution >= 0.6 is 0 Å². The largest absolute Gasteiger partial charge is 0.472 e. The molecule has 3 atom stereocenters. The van der Waals surface area contributed by atoms with E-state index >= 15 is 0 Å². The first-order chi connectivity index (χ1) is 19.1. The fraction of sp³-hybridized carbons (Fsp3) is 0.367. The van der Waals surface area contributed by atoms with E-state index in [0.717, 1.165) is 11.1 Å². The van der Waals surface area contributed by atoms with Gasteiger partial charge in [0, 0.05) is 31.4 Å². The van der Waals surface area contributed by atoms with Crippen molar-refractivity contribution in [3.05, 3.63) is 89.1 Å². The highest BCUT2D eigenvalue weighted by Gasteiger charge is 2.34. The highest BCUT2D eigenvalue weighted by molar-refractivity contribution is 5.97. The Labute approximate surface area is 232 Å². The lowest BCUT2D eigenvalue weighted by molar-refractivity contribution is 0.0356. The zero-order valence-corrected chi connectivity index (χ0v) is 22.8. The van der Waals surface area contributed by atoms with Crippen LogP contribution in [0.1, 0.15) is 35.3 Å². The summed E-state index contributed by atoms with van der Waals surface area (Å²) in [7, 11) is 1.62. The van der Waals surface area contributed by atoms with Crippen LogP contribution in [0.5, 0.6) is 5.88 Å². The number of carbonyl (C=O) groups is 2. The van der Waals surface area contributed by atoms with Crippen molar-refractivity contribution in [1.82, 2.24) is 14.8 Å². The molecule has 2 N–H and O–H groups in total. The second-order valence-electron chi connectivity index (χ2n) is 10.3. The molecule has 1 aromatic heterocycles. The van der Waals surface area contributed by atoms with Crippen molar-refractivity contribution in [2.45, 2.75) is 38.8 Å². The zero-order chi connectivity index (χ0) is 28.8. The fourth-order valence-electron chi connectivity index (χ4n) is 4.59. The molecule has 3 amide bonds. The molecule has 40 heavy (non-hydrogen) atoms. The summed E-state index contributed by atoms with van der Waals surface area (Å²) in [5, 5.41) is 12.6. The fourth-order valence-corrected chi connectivity index (χ4v) is 4.59. The van der Waals surface area contributed by atoms with Gasteiger partial charge in [-0.05, 0) is 73.4 Å². The minimum Gasteiger partial charge on any atom is -0.472 e. The van der Waals surface area contributed by atoms with Gasteiger partial charge in [-0.1, -0.05) is 19.1 Å². The number of aliphatic hydroxyl groups excluding tert-OH is 1. The number of urea groups is 1. The molecule has 2 heterocycles. The van der Waals surface area contributed by atoms with Crippen molar-refractivity contribution in [1.29, 1.82) is 0 Å². The van der Waals surface area contributed by atoms with Crippen molar-refractivity contribution in [3.8, 4) is 5.88 Å². The van der Waals surface area contributed by atoms with E-state index in [9.17, 15) is 23.5 Å². The number of anilines is 1. The number of aromatic nitrogens is 1. The molecule has 10 heteroatoms. The summed E-state index contributed by atoms with van der Waals surface area (Å²) >= 11 is 0. The van der Waals surface area contributed by atoms with Gasteiger partial charge in [-0.25, -0.2) is 18.6 Å². The Morgan fingerprint density at radius 3 is 2.58 bits per heavy atom. The number of ether oxygens (including phenoxy) is 1. The van der Waals surface area contributed by atoms with Crippen LogP contribution in [-0.2, 0) is 12.8 Å². The van der Waals surface area contributed by atoms with Crippen molar-refractivity contribution in [2.75, 3.05) is 32.1 Å². The maximum atomic E-state index is 13.6. The van der Waals surface area contributed by atoms with Crippen LogP contribution in [0.4, 0.5) is 19.3 Å². The van der Waals surface area contributed by atoms with E-state index in [1.807, 2.05) is 13.0 Å². The van der Waals surface area contributed by atoms with Crippen LogP contribution in [0.2, 0.25) is 0 Å². The number of pyridine rings is 1. The first kappa shape index (κ1) is 28.9. The topological polar surface area (TPSA) is 95.0 Å². The monoisotopic (exact) mass is 552 g/mol. The Kier molecular flexibility index (Phi) is 9.31. The first-order valence-corrected chi connectivity index (χ1v) is 13.2. The van der Waals surface area contributed by atoms with Gasteiger partial charge in [0.2, 0.25) is 5.88 Å². The van der Waals surface area contributed by atoms with Crippen molar-refractivity contribution >= 4 is 17.6 Å². The number of nitrogens with zero attached hydrogens (tertiary/aromatic N) is 3. The molecule has 0 bridgehead atoms. The van der Waals surface area contributed by atoms with Gasteiger partial charge in [0.15, 0.2) is 0 Å². The smallest absolute Gasteiger partial charge is 0.321 e. The van der Waals surface area contributed by atoms with Gasteiger partial charge in [0.1, 0.15) is 23.3 Å². The molecule has 1 aliphatic heterocycles. The summed E-state index contributed by atoms with van der Waals surface area (Å²) in [5.41, 5.74) is 2.35. The lowest BCUT2D eigenvalue weighted by atomic mass is 9.99. The number of carbonyl (C=O) groups excluding carboxylic acids is 2. The lowest BCUT2D eigenvalue weighted by Crippen LogP contribution is -2.50. The average Bonchev–Trinajstić information content (AvgIpc) is 2.94. The third kappa shape index (κ3) is 7.12. The summed E-state index contributed by atoms with van der Waals surface area (Å²) < 4.78 is 33.1. The Morgan fingerprint density at radius 2 is 1.88 bits per heavy atom. The summed E-state index contributed by atoms with van der Waals surface area (Å²) in [5.74, 6) is -1.06. The number of likely N-dealkylation sites (N-methyl/N-ethyl adjacent to an activating group) is 1. The van der Waals surface area contributed by atoms with Crippen molar-refractivity contribution in [2.24, 2.45) is 5.92 Å². The van der Waals surface area contributed by atoms with Crippen molar-refractivity contribution < 1.29 is 28.2 Å². The molecule has 0 radical (unpaired) electrons. The molecule has 0 spiro atoms. The quantitative estimate of drug-likeness (QED) is 0.428. The summed E-state index contributed by atoms with van der Waals surface area (Å²) in [4.78, 5) is 34.0. The SMILES string of the molecule is C[C@H](CO)N1C[C@H](C)[C@H](CN(C)C(=O)Nc2ccc(F)cc2)Oc2ncc(CCc3cccc(F)c3)cc2C1=O. The predicted octanol–water partition coefficient (Wildman–Crippen LogP) is 4.53. The van der Waals surface area contributed by atoms with Crippen molar-refractivity contribution in [3.63, 3.8) is 0 Å². The molecule has 0 fully saturated rings. The third-order valence-electron chi connectivity index (χ3n) is 7.07.